The maximum absolute atomic E-state index is 12.7. The molecule has 3 rings (SSSR count). The summed E-state index contributed by atoms with van der Waals surface area (Å²) in [6.07, 6.45) is 6.63. The Kier molecular flexibility index (Phi) is 4.65. The molecule has 20 heavy (non-hydrogen) atoms. The Bertz CT molecular complexity index is 414. The SMILES string of the molecule is O=S(=O)(N1CCCCC1)N1CCCC(C2CCNC2)C1. The monoisotopic (exact) mass is 301 g/mol. The molecular formula is C14H27N3O2S. The third-order valence-corrected chi connectivity index (χ3v) is 7.16. The van der Waals surface area contributed by atoms with Gasteiger partial charge >= 0.3 is 0 Å². The van der Waals surface area contributed by atoms with Crippen LogP contribution in [0.4, 0.5) is 0 Å². The first kappa shape index (κ1) is 14.8. The van der Waals surface area contributed by atoms with Crippen LogP contribution in [0.1, 0.15) is 38.5 Å². The molecule has 6 heteroatoms. The van der Waals surface area contributed by atoms with E-state index in [1.165, 1.54) is 19.3 Å². The van der Waals surface area contributed by atoms with Crippen molar-refractivity contribution in [3.05, 3.63) is 0 Å². The normalized spacial score (nSPS) is 34.4. The van der Waals surface area contributed by atoms with Gasteiger partial charge in [-0.3, -0.25) is 0 Å². The fourth-order valence-electron chi connectivity index (χ4n) is 3.91. The third-order valence-electron chi connectivity index (χ3n) is 5.15. The Morgan fingerprint density at radius 1 is 0.850 bits per heavy atom. The van der Waals surface area contributed by atoms with Crippen LogP contribution in [-0.4, -0.2) is 56.3 Å². The molecule has 116 valence electrons. The summed E-state index contributed by atoms with van der Waals surface area (Å²) < 4.78 is 29.0. The van der Waals surface area contributed by atoms with Crippen LogP contribution in [0.5, 0.6) is 0 Å². The third kappa shape index (κ3) is 3.03. The van der Waals surface area contributed by atoms with Crippen molar-refractivity contribution in [2.75, 3.05) is 39.3 Å². The molecule has 0 amide bonds. The van der Waals surface area contributed by atoms with Gasteiger partial charge in [0.25, 0.3) is 10.2 Å². The molecule has 2 unspecified atom stereocenters. The summed E-state index contributed by atoms with van der Waals surface area (Å²) in [6.45, 7) is 5.06. The van der Waals surface area contributed by atoms with Gasteiger partial charge in [-0.1, -0.05) is 6.42 Å². The fraction of sp³-hybridized carbons (Fsp3) is 1.00. The second-order valence-electron chi connectivity index (χ2n) is 6.48. The lowest BCUT2D eigenvalue weighted by Gasteiger charge is -2.38. The van der Waals surface area contributed by atoms with Crippen molar-refractivity contribution in [3.63, 3.8) is 0 Å². The van der Waals surface area contributed by atoms with Gasteiger partial charge in [0.05, 0.1) is 0 Å². The molecule has 3 heterocycles. The number of nitrogens with one attached hydrogen (secondary N) is 1. The highest BCUT2D eigenvalue weighted by Crippen LogP contribution is 2.30. The minimum absolute atomic E-state index is 0.554. The van der Waals surface area contributed by atoms with Crippen LogP contribution in [0.15, 0.2) is 0 Å². The van der Waals surface area contributed by atoms with Crippen molar-refractivity contribution in [1.82, 2.24) is 13.9 Å². The Morgan fingerprint density at radius 3 is 2.30 bits per heavy atom. The van der Waals surface area contributed by atoms with E-state index in [1.54, 1.807) is 8.61 Å². The van der Waals surface area contributed by atoms with Crippen LogP contribution in [0.2, 0.25) is 0 Å². The van der Waals surface area contributed by atoms with Crippen LogP contribution in [0.25, 0.3) is 0 Å². The Morgan fingerprint density at radius 2 is 1.60 bits per heavy atom. The Labute approximate surface area is 122 Å². The highest BCUT2D eigenvalue weighted by Gasteiger charge is 2.36. The Hall–Kier alpha value is -0.170. The van der Waals surface area contributed by atoms with Crippen molar-refractivity contribution in [2.45, 2.75) is 38.5 Å². The maximum Gasteiger partial charge on any atom is 0.281 e. The van der Waals surface area contributed by atoms with Crippen LogP contribution in [0.3, 0.4) is 0 Å². The van der Waals surface area contributed by atoms with Gasteiger partial charge in [-0.2, -0.15) is 17.0 Å². The van der Waals surface area contributed by atoms with Crippen molar-refractivity contribution in [1.29, 1.82) is 0 Å². The largest absolute Gasteiger partial charge is 0.316 e. The lowest BCUT2D eigenvalue weighted by molar-refractivity contribution is 0.195. The van der Waals surface area contributed by atoms with Gasteiger partial charge < -0.3 is 5.32 Å². The zero-order valence-electron chi connectivity index (χ0n) is 12.3. The topological polar surface area (TPSA) is 52.7 Å². The van der Waals surface area contributed by atoms with Gasteiger partial charge in [0.1, 0.15) is 0 Å². The summed E-state index contributed by atoms with van der Waals surface area (Å²) >= 11 is 0. The summed E-state index contributed by atoms with van der Waals surface area (Å²) in [7, 11) is -3.20. The molecular weight excluding hydrogens is 274 g/mol. The lowest BCUT2D eigenvalue weighted by atomic mass is 9.86. The molecule has 0 aromatic carbocycles. The van der Waals surface area contributed by atoms with E-state index in [9.17, 15) is 8.42 Å². The van der Waals surface area contributed by atoms with E-state index in [1.807, 2.05) is 0 Å². The average Bonchev–Trinajstić information content (AvgIpc) is 3.03. The smallest absolute Gasteiger partial charge is 0.281 e. The molecule has 0 radical (unpaired) electrons. The molecule has 0 spiro atoms. The van der Waals surface area contributed by atoms with E-state index in [0.717, 1.165) is 45.4 Å². The molecule has 3 aliphatic rings. The van der Waals surface area contributed by atoms with E-state index in [2.05, 4.69) is 5.32 Å². The zero-order valence-corrected chi connectivity index (χ0v) is 13.1. The van der Waals surface area contributed by atoms with E-state index in [4.69, 9.17) is 0 Å². The van der Waals surface area contributed by atoms with Crippen molar-refractivity contribution in [3.8, 4) is 0 Å². The number of nitrogens with zero attached hydrogens (tertiary/aromatic N) is 2. The second kappa shape index (κ2) is 6.30. The zero-order chi connectivity index (χ0) is 14.0. The van der Waals surface area contributed by atoms with Crippen molar-refractivity contribution in [2.24, 2.45) is 11.8 Å². The van der Waals surface area contributed by atoms with E-state index >= 15 is 0 Å². The first-order chi connectivity index (χ1) is 9.68. The summed E-state index contributed by atoms with van der Waals surface area (Å²) in [5.41, 5.74) is 0. The summed E-state index contributed by atoms with van der Waals surface area (Å²) in [5.74, 6) is 1.23. The predicted octanol–water partition coefficient (Wildman–Crippen LogP) is 1.04. The molecule has 5 nitrogen and oxygen atoms in total. The molecule has 3 saturated heterocycles. The standard InChI is InChI=1S/C14H27N3O2S/c18-20(19,16-8-2-1-3-9-16)17-10-4-5-14(12-17)13-6-7-15-11-13/h13-15H,1-12H2. The number of rotatable bonds is 3. The maximum atomic E-state index is 12.7. The summed E-state index contributed by atoms with van der Waals surface area (Å²) in [5, 5.41) is 3.41. The van der Waals surface area contributed by atoms with Gasteiger partial charge in [0, 0.05) is 26.2 Å². The quantitative estimate of drug-likeness (QED) is 0.847. The molecule has 0 bridgehead atoms. The molecule has 3 aliphatic heterocycles. The van der Waals surface area contributed by atoms with Crippen molar-refractivity contribution < 1.29 is 8.42 Å². The number of hydrogen-bond acceptors (Lipinski definition) is 3. The molecule has 0 aromatic heterocycles. The summed E-state index contributed by atoms with van der Waals surface area (Å²) in [6, 6.07) is 0. The molecule has 0 aromatic rings. The van der Waals surface area contributed by atoms with Crippen LogP contribution >= 0.6 is 0 Å². The number of piperidine rings is 2. The molecule has 0 saturated carbocycles. The van der Waals surface area contributed by atoms with E-state index < -0.39 is 10.2 Å². The van der Waals surface area contributed by atoms with E-state index in [-0.39, 0.29) is 0 Å². The predicted molar refractivity (Wildman–Crippen MR) is 79.6 cm³/mol. The molecule has 1 N–H and O–H groups in total. The highest BCUT2D eigenvalue weighted by atomic mass is 32.2. The van der Waals surface area contributed by atoms with Gasteiger partial charge in [0.15, 0.2) is 0 Å². The first-order valence-corrected chi connectivity index (χ1v) is 9.53. The molecule has 2 atom stereocenters. The van der Waals surface area contributed by atoms with Crippen molar-refractivity contribution >= 4 is 10.2 Å². The minimum atomic E-state index is -3.20. The second-order valence-corrected chi connectivity index (χ2v) is 8.41. The molecule has 3 fully saturated rings. The van der Waals surface area contributed by atoms with Crippen LogP contribution in [-0.2, 0) is 10.2 Å². The van der Waals surface area contributed by atoms with Gasteiger partial charge in [-0.15, -0.1) is 0 Å². The number of hydrogen-bond donors (Lipinski definition) is 1. The van der Waals surface area contributed by atoms with Gasteiger partial charge in [0.2, 0.25) is 0 Å². The Balaban J connectivity index is 1.65. The first-order valence-electron chi connectivity index (χ1n) is 8.14. The minimum Gasteiger partial charge on any atom is -0.316 e. The van der Waals surface area contributed by atoms with Gasteiger partial charge in [-0.25, -0.2) is 0 Å². The van der Waals surface area contributed by atoms with Gasteiger partial charge in [-0.05, 0) is 57.0 Å². The van der Waals surface area contributed by atoms with Crippen LogP contribution < -0.4 is 5.32 Å². The average molecular weight is 301 g/mol. The fourth-order valence-corrected chi connectivity index (χ4v) is 5.69. The highest BCUT2D eigenvalue weighted by molar-refractivity contribution is 7.86. The summed E-state index contributed by atoms with van der Waals surface area (Å²) in [4.78, 5) is 0. The molecule has 0 aliphatic carbocycles. The van der Waals surface area contributed by atoms with Crippen LogP contribution in [0, 0.1) is 11.8 Å². The lowest BCUT2D eigenvalue weighted by Crippen LogP contribution is -2.50. The van der Waals surface area contributed by atoms with E-state index in [0.29, 0.717) is 24.9 Å².